The third kappa shape index (κ3) is 2.40. The standard InChI is InChI=1S/C15H9ClN2O4/c16-10-8-11(18(20)21)15(19)14-13(10)12(6-7-17-14)22-9-4-2-1-3-5-9/h1-8,19H. The number of nitro groups is 1. The maximum Gasteiger partial charge on any atom is 0.314 e. The molecule has 0 aliphatic carbocycles. The predicted octanol–water partition coefficient (Wildman–Crippen LogP) is 4.29. The summed E-state index contributed by atoms with van der Waals surface area (Å²) in [5, 5.41) is 21.3. The van der Waals surface area contributed by atoms with Gasteiger partial charge in [0.25, 0.3) is 0 Å². The number of nitro benzene ring substituents is 1. The van der Waals surface area contributed by atoms with E-state index in [0.29, 0.717) is 16.9 Å². The summed E-state index contributed by atoms with van der Waals surface area (Å²) < 4.78 is 5.72. The molecule has 0 atom stereocenters. The second-order valence-electron chi connectivity index (χ2n) is 4.43. The summed E-state index contributed by atoms with van der Waals surface area (Å²) in [5.41, 5.74) is -0.477. The largest absolute Gasteiger partial charge is 0.501 e. The van der Waals surface area contributed by atoms with Crippen molar-refractivity contribution in [1.82, 2.24) is 4.98 Å². The Labute approximate surface area is 129 Å². The van der Waals surface area contributed by atoms with Crippen LogP contribution in [0.1, 0.15) is 0 Å². The molecule has 7 heteroatoms. The zero-order chi connectivity index (χ0) is 15.7. The number of phenolic OH excluding ortho intramolecular Hbond substituents is 1. The normalized spacial score (nSPS) is 10.6. The average molecular weight is 317 g/mol. The predicted molar refractivity (Wildman–Crippen MR) is 81.6 cm³/mol. The second-order valence-corrected chi connectivity index (χ2v) is 4.84. The van der Waals surface area contributed by atoms with Crippen LogP contribution in [0.15, 0.2) is 48.7 Å². The van der Waals surface area contributed by atoms with Gasteiger partial charge >= 0.3 is 5.69 Å². The van der Waals surface area contributed by atoms with Crippen LogP contribution in [0, 0.1) is 10.1 Å². The third-order valence-electron chi connectivity index (χ3n) is 3.05. The molecular formula is C15H9ClN2O4. The summed E-state index contributed by atoms with van der Waals surface area (Å²) >= 11 is 6.11. The second kappa shape index (κ2) is 5.50. The van der Waals surface area contributed by atoms with E-state index in [9.17, 15) is 15.2 Å². The van der Waals surface area contributed by atoms with E-state index in [4.69, 9.17) is 16.3 Å². The molecule has 0 bridgehead atoms. The molecule has 1 N–H and O–H groups in total. The molecule has 3 aromatic rings. The first-order valence-corrected chi connectivity index (χ1v) is 6.63. The maximum atomic E-state index is 10.9. The fraction of sp³-hybridized carbons (Fsp3) is 0. The number of hydrogen-bond acceptors (Lipinski definition) is 5. The van der Waals surface area contributed by atoms with Crippen LogP contribution in [0.2, 0.25) is 5.02 Å². The molecule has 0 aliphatic rings. The lowest BCUT2D eigenvalue weighted by Crippen LogP contribution is -1.93. The molecule has 0 saturated heterocycles. The van der Waals surface area contributed by atoms with Gasteiger partial charge in [0.1, 0.15) is 17.0 Å². The van der Waals surface area contributed by atoms with Gasteiger partial charge in [-0.2, -0.15) is 0 Å². The average Bonchev–Trinajstić information content (AvgIpc) is 2.51. The van der Waals surface area contributed by atoms with Crippen molar-refractivity contribution >= 4 is 28.2 Å². The number of rotatable bonds is 3. The Hall–Kier alpha value is -2.86. The molecule has 0 fully saturated rings. The monoisotopic (exact) mass is 316 g/mol. The van der Waals surface area contributed by atoms with Crippen LogP contribution in [0.25, 0.3) is 10.9 Å². The van der Waals surface area contributed by atoms with E-state index < -0.39 is 16.4 Å². The van der Waals surface area contributed by atoms with Gasteiger partial charge in [-0.05, 0) is 18.2 Å². The highest BCUT2D eigenvalue weighted by Crippen LogP contribution is 2.42. The summed E-state index contributed by atoms with van der Waals surface area (Å²) in [6.07, 6.45) is 1.39. The van der Waals surface area contributed by atoms with Crippen LogP contribution >= 0.6 is 11.6 Å². The Bertz CT molecular complexity index is 868. The molecule has 0 saturated carbocycles. The van der Waals surface area contributed by atoms with Crippen molar-refractivity contribution in [3.8, 4) is 17.2 Å². The SMILES string of the molecule is O=[N+]([O-])c1cc(Cl)c2c(Oc3ccccc3)ccnc2c1O. The fourth-order valence-electron chi connectivity index (χ4n) is 2.08. The van der Waals surface area contributed by atoms with Crippen molar-refractivity contribution in [3.05, 3.63) is 63.8 Å². The van der Waals surface area contributed by atoms with Crippen LogP contribution in [0.3, 0.4) is 0 Å². The molecule has 0 spiro atoms. The third-order valence-corrected chi connectivity index (χ3v) is 3.35. The Balaban J connectivity index is 2.21. The van der Waals surface area contributed by atoms with Crippen molar-refractivity contribution in [1.29, 1.82) is 0 Å². The minimum Gasteiger partial charge on any atom is -0.501 e. The molecule has 110 valence electrons. The van der Waals surface area contributed by atoms with E-state index in [-0.39, 0.29) is 10.5 Å². The van der Waals surface area contributed by atoms with E-state index in [2.05, 4.69) is 4.98 Å². The van der Waals surface area contributed by atoms with Crippen LogP contribution in [0.5, 0.6) is 17.2 Å². The zero-order valence-electron chi connectivity index (χ0n) is 11.1. The fourth-order valence-corrected chi connectivity index (χ4v) is 2.36. The van der Waals surface area contributed by atoms with Crippen molar-refractivity contribution in [2.45, 2.75) is 0 Å². The van der Waals surface area contributed by atoms with Gasteiger partial charge in [-0.1, -0.05) is 29.8 Å². The smallest absolute Gasteiger partial charge is 0.314 e. The molecule has 3 rings (SSSR count). The lowest BCUT2D eigenvalue weighted by atomic mass is 10.1. The first kappa shape index (κ1) is 14.1. The number of ether oxygens (including phenoxy) is 1. The van der Waals surface area contributed by atoms with E-state index >= 15 is 0 Å². The molecule has 0 radical (unpaired) electrons. The Kier molecular flexibility index (Phi) is 3.52. The van der Waals surface area contributed by atoms with Gasteiger partial charge in [-0.3, -0.25) is 15.1 Å². The summed E-state index contributed by atoms with van der Waals surface area (Å²) in [6, 6.07) is 11.6. The molecule has 0 amide bonds. The van der Waals surface area contributed by atoms with E-state index in [0.717, 1.165) is 6.07 Å². The van der Waals surface area contributed by atoms with Gasteiger partial charge in [0, 0.05) is 12.3 Å². The molecule has 0 unspecified atom stereocenters. The van der Waals surface area contributed by atoms with E-state index in [1.165, 1.54) is 6.20 Å². The number of para-hydroxylation sites is 1. The van der Waals surface area contributed by atoms with Crippen molar-refractivity contribution in [2.75, 3.05) is 0 Å². The molecule has 2 aromatic carbocycles. The highest BCUT2D eigenvalue weighted by Gasteiger charge is 2.22. The highest BCUT2D eigenvalue weighted by molar-refractivity contribution is 6.36. The van der Waals surface area contributed by atoms with Crippen molar-refractivity contribution in [3.63, 3.8) is 0 Å². The number of fused-ring (bicyclic) bond motifs is 1. The molecule has 1 heterocycles. The molecule has 22 heavy (non-hydrogen) atoms. The molecule has 1 aromatic heterocycles. The summed E-state index contributed by atoms with van der Waals surface area (Å²) in [4.78, 5) is 14.2. The quantitative estimate of drug-likeness (QED) is 0.575. The van der Waals surface area contributed by atoms with Gasteiger partial charge < -0.3 is 9.84 Å². The minimum absolute atomic E-state index is 0.0210. The van der Waals surface area contributed by atoms with Crippen LogP contribution in [0.4, 0.5) is 5.69 Å². The van der Waals surface area contributed by atoms with Crippen molar-refractivity contribution < 1.29 is 14.8 Å². The number of hydrogen-bond donors (Lipinski definition) is 1. The summed E-state index contributed by atoms with van der Waals surface area (Å²) in [5.74, 6) is 0.387. The summed E-state index contributed by atoms with van der Waals surface area (Å²) in [6.45, 7) is 0. The molecule has 6 nitrogen and oxygen atoms in total. The van der Waals surface area contributed by atoms with Gasteiger partial charge in [0.15, 0.2) is 0 Å². The topological polar surface area (TPSA) is 85.5 Å². The maximum absolute atomic E-state index is 10.9. The first-order chi connectivity index (χ1) is 10.6. The molecule has 0 aliphatic heterocycles. The van der Waals surface area contributed by atoms with Crippen molar-refractivity contribution in [2.24, 2.45) is 0 Å². The van der Waals surface area contributed by atoms with Gasteiger partial charge in [-0.25, -0.2) is 0 Å². The number of aromatic nitrogens is 1. The Morgan fingerprint density at radius 1 is 1.23 bits per heavy atom. The highest BCUT2D eigenvalue weighted by atomic mass is 35.5. The van der Waals surface area contributed by atoms with Crippen LogP contribution < -0.4 is 4.74 Å². The Morgan fingerprint density at radius 2 is 1.95 bits per heavy atom. The molecular weight excluding hydrogens is 308 g/mol. The van der Waals surface area contributed by atoms with E-state index in [1.807, 2.05) is 18.2 Å². The van der Waals surface area contributed by atoms with Crippen LogP contribution in [-0.2, 0) is 0 Å². The summed E-state index contributed by atoms with van der Waals surface area (Å²) in [7, 11) is 0. The number of benzene rings is 2. The van der Waals surface area contributed by atoms with Gasteiger partial charge in [0.05, 0.1) is 15.3 Å². The zero-order valence-corrected chi connectivity index (χ0v) is 11.8. The van der Waals surface area contributed by atoms with Gasteiger partial charge in [-0.15, -0.1) is 0 Å². The minimum atomic E-state index is -0.715. The van der Waals surface area contributed by atoms with Gasteiger partial charge in [0.2, 0.25) is 5.75 Å². The number of halogens is 1. The lowest BCUT2D eigenvalue weighted by Gasteiger charge is -2.10. The van der Waals surface area contributed by atoms with E-state index in [1.54, 1.807) is 18.2 Å². The number of pyridine rings is 1. The number of phenols is 1. The lowest BCUT2D eigenvalue weighted by molar-refractivity contribution is -0.385. The first-order valence-electron chi connectivity index (χ1n) is 6.25. The Morgan fingerprint density at radius 3 is 2.64 bits per heavy atom. The van der Waals surface area contributed by atoms with Crippen LogP contribution in [-0.4, -0.2) is 15.0 Å². The number of aromatic hydroxyl groups is 1. The number of nitrogens with zero attached hydrogens (tertiary/aromatic N) is 2.